The monoisotopic (exact) mass is 344 g/mol. The Kier molecular flexibility index (Phi) is 7.21. The first-order chi connectivity index (χ1) is 10.6. The first-order valence-electron chi connectivity index (χ1n) is 7.90. The fraction of sp³-hybridized carbons (Fsp3) is 0.733. The van der Waals surface area contributed by atoms with E-state index >= 15 is 0 Å². The summed E-state index contributed by atoms with van der Waals surface area (Å²) in [5.41, 5.74) is 0. The van der Waals surface area contributed by atoms with E-state index in [1.165, 1.54) is 6.20 Å². The third-order valence-electron chi connectivity index (χ3n) is 3.61. The standard InChI is InChI=1S/C15H28N4O3S/c1-11(2)7-6-8-12(3)17-14(20)9-16-23(21,22)15-10-19(5)13(4)18-15/h10-12,16H,6-9H2,1-5H3,(H,17,20)/t12-/m1/s1. The number of hydrogen-bond acceptors (Lipinski definition) is 4. The van der Waals surface area contributed by atoms with Gasteiger partial charge in [0.25, 0.3) is 10.0 Å². The molecular formula is C15H28N4O3S. The van der Waals surface area contributed by atoms with E-state index in [1.54, 1.807) is 18.5 Å². The van der Waals surface area contributed by atoms with Crippen LogP contribution in [-0.4, -0.2) is 36.5 Å². The van der Waals surface area contributed by atoms with Crippen molar-refractivity contribution in [2.45, 2.75) is 58.0 Å². The van der Waals surface area contributed by atoms with Gasteiger partial charge in [0.1, 0.15) is 5.82 Å². The third-order valence-corrected chi connectivity index (χ3v) is 4.88. The van der Waals surface area contributed by atoms with E-state index in [9.17, 15) is 13.2 Å². The minimum atomic E-state index is -3.76. The Balaban J connectivity index is 2.43. The zero-order valence-electron chi connectivity index (χ0n) is 14.6. The molecule has 0 fully saturated rings. The van der Waals surface area contributed by atoms with Gasteiger partial charge in [0.15, 0.2) is 5.03 Å². The van der Waals surface area contributed by atoms with Crippen molar-refractivity contribution in [2.75, 3.05) is 6.54 Å². The van der Waals surface area contributed by atoms with Gasteiger partial charge in [-0.05, 0) is 26.2 Å². The van der Waals surface area contributed by atoms with Crippen LogP contribution in [0.2, 0.25) is 0 Å². The van der Waals surface area contributed by atoms with Crippen molar-refractivity contribution >= 4 is 15.9 Å². The molecule has 0 aliphatic carbocycles. The number of imidazole rings is 1. The van der Waals surface area contributed by atoms with Crippen LogP contribution in [0.5, 0.6) is 0 Å². The normalized spacial score (nSPS) is 13.3. The van der Waals surface area contributed by atoms with Gasteiger partial charge in [-0.2, -0.15) is 0 Å². The molecule has 1 aromatic heterocycles. The largest absolute Gasteiger partial charge is 0.353 e. The highest BCUT2D eigenvalue weighted by Crippen LogP contribution is 2.08. The maximum Gasteiger partial charge on any atom is 0.260 e. The molecule has 8 heteroatoms. The molecule has 0 bridgehead atoms. The van der Waals surface area contributed by atoms with Crippen LogP contribution in [0.25, 0.3) is 0 Å². The molecule has 1 atom stereocenters. The number of amides is 1. The van der Waals surface area contributed by atoms with Crippen molar-refractivity contribution in [1.82, 2.24) is 19.6 Å². The summed E-state index contributed by atoms with van der Waals surface area (Å²) in [5.74, 6) is 0.901. The van der Waals surface area contributed by atoms with Crippen LogP contribution < -0.4 is 10.0 Å². The Morgan fingerprint density at radius 1 is 1.30 bits per heavy atom. The van der Waals surface area contributed by atoms with E-state index in [0.29, 0.717) is 11.7 Å². The maximum atomic E-state index is 12.1. The van der Waals surface area contributed by atoms with Crippen LogP contribution in [-0.2, 0) is 21.9 Å². The number of nitrogens with one attached hydrogen (secondary N) is 2. The van der Waals surface area contributed by atoms with E-state index in [2.05, 4.69) is 28.9 Å². The molecule has 0 saturated heterocycles. The van der Waals surface area contributed by atoms with Crippen LogP contribution >= 0.6 is 0 Å². The number of carbonyl (C=O) groups is 1. The highest BCUT2D eigenvalue weighted by atomic mass is 32.2. The molecule has 1 heterocycles. The second-order valence-electron chi connectivity index (χ2n) is 6.36. The van der Waals surface area contributed by atoms with Crippen LogP contribution in [0.15, 0.2) is 11.2 Å². The lowest BCUT2D eigenvalue weighted by Crippen LogP contribution is -2.40. The quantitative estimate of drug-likeness (QED) is 0.707. The van der Waals surface area contributed by atoms with Crippen LogP contribution in [0, 0.1) is 12.8 Å². The molecule has 0 spiro atoms. The number of rotatable bonds is 9. The highest BCUT2D eigenvalue weighted by Gasteiger charge is 2.19. The molecule has 1 aromatic rings. The van der Waals surface area contributed by atoms with E-state index in [1.807, 2.05) is 6.92 Å². The SMILES string of the molecule is Cc1nc(S(=O)(=O)NCC(=O)N[C@H](C)CCCC(C)C)cn1C. The van der Waals surface area contributed by atoms with Crippen molar-refractivity contribution in [2.24, 2.45) is 13.0 Å². The van der Waals surface area contributed by atoms with Gasteiger partial charge in [-0.15, -0.1) is 0 Å². The molecular weight excluding hydrogens is 316 g/mol. The van der Waals surface area contributed by atoms with E-state index in [4.69, 9.17) is 0 Å². The summed E-state index contributed by atoms with van der Waals surface area (Å²) in [5, 5.41) is 2.73. The van der Waals surface area contributed by atoms with Gasteiger partial charge in [-0.3, -0.25) is 4.79 Å². The summed E-state index contributed by atoms with van der Waals surface area (Å²) in [6.07, 6.45) is 4.46. The first-order valence-corrected chi connectivity index (χ1v) is 9.39. The van der Waals surface area contributed by atoms with Gasteiger partial charge >= 0.3 is 0 Å². The molecule has 0 aromatic carbocycles. The Morgan fingerprint density at radius 2 is 1.96 bits per heavy atom. The number of hydrogen-bond donors (Lipinski definition) is 2. The van der Waals surface area contributed by atoms with Crippen molar-refractivity contribution in [3.63, 3.8) is 0 Å². The lowest BCUT2D eigenvalue weighted by molar-refractivity contribution is -0.120. The minimum absolute atomic E-state index is 0.0304. The molecule has 132 valence electrons. The number of carbonyl (C=O) groups excluding carboxylic acids is 1. The van der Waals surface area contributed by atoms with Gasteiger partial charge < -0.3 is 9.88 Å². The number of sulfonamides is 1. The fourth-order valence-corrected chi connectivity index (χ4v) is 3.14. The molecule has 0 saturated carbocycles. The van der Waals surface area contributed by atoms with E-state index in [-0.39, 0.29) is 23.5 Å². The summed E-state index contributed by atoms with van der Waals surface area (Å²) in [4.78, 5) is 15.8. The average molecular weight is 344 g/mol. The van der Waals surface area contributed by atoms with Crippen molar-refractivity contribution < 1.29 is 13.2 Å². The van der Waals surface area contributed by atoms with Gasteiger partial charge in [0.2, 0.25) is 5.91 Å². The first kappa shape index (κ1) is 19.6. The molecule has 0 unspecified atom stereocenters. The van der Waals surface area contributed by atoms with Crippen LogP contribution in [0.4, 0.5) is 0 Å². The van der Waals surface area contributed by atoms with Crippen LogP contribution in [0.3, 0.4) is 0 Å². The number of aromatic nitrogens is 2. The summed E-state index contributed by atoms with van der Waals surface area (Å²) in [7, 11) is -2.05. The molecule has 0 radical (unpaired) electrons. The fourth-order valence-electron chi connectivity index (χ4n) is 2.12. The summed E-state index contributed by atoms with van der Waals surface area (Å²) < 4.78 is 28.0. The molecule has 1 amide bonds. The van der Waals surface area contributed by atoms with Crippen LogP contribution in [0.1, 0.15) is 45.9 Å². The number of aryl methyl sites for hydroxylation is 2. The summed E-state index contributed by atoms with van der Waals surface area (Å²) in [6, 6.07) is 0.0304. The Labute approximate surface area is 138 Å². The molecule has 23 heavy (non-hydrogen) atoms. The zero-order valence-corrected chi connectivity index (χ0v) is 15.4. The topological polar surface area (TPSA) is 93.1 Å². The number of nitrogens with zero attached hydrogens (tertiary/aromatic N) is 2. The minimum Gasteiger partial charge on any atom is -0.353 e. The lowest BCUT2D eigenvalue weighted by atomic mass is 10.0. The summed E-state index contributed by atoms with van der Waals surface area (Å²) in [6.45, 7) is 7.68. The lowest BCUT2D eigenvalue weighted by Gasteiger charge is -2.14. The highest BCUT2D eigenvalue weighted by molar-refractivity contribution is 7.89. The smallest absolute Gasteiger partial charge is 0.260 e. The van der Waals surface area contributed by atoms with Crippen molar-refractivity contribution in [3.8, 4) is 0 Å². The predicted octanol–water partition coefficient (Wildman–Crippen LogP) is 1.34. The predicted molar refractivity (Wildman–Crippen MR) is 89.4 cm³/mol. The Bertz CT molecular complexity index is 603. The average Bonchev–Trinajstić information content (AvgIpc) is 2.77. The Morgan fingerprint density at radius 3 is 2.48 bits per heavy atom. The second kappa shape index (κ2) is 8.44. The molecule has 0 aliphatic rings. The van der Waals surface area contributed by atoms with Gasteiger partial charge in [0, 0.05) is 19.3 Å². The van der Waals surface area contributed by atoms with Gasteiger partial charge in [-0.25, -0.2) is 18.1 Å². The third kappa shape index (κ3) is 6.70. The van der Waals surface area contributed by atoms with Crippen molar-refractivity contribution in [1.29, 1.82) is 0 Å². The summed E-state index contributed by atoms with van der Waals surface area (Å²) >= 11 is 0. The van der Waals surface area contributed by atoms with Gasteiger partial charge in [-0.1, -0.05) is 26.7 Å². The molecule has 7 nitrogen and oxygen atoms in total. The molecule has 2 N–H and O–H groups in total. The zero-order chi connectivity index (χ0) is 17.6. The van der Waals surface area contributed by atoms with E-state index < -0.39 is 10.0 Å². The molecule has 1 rings (SSSR count). The van der Waals surface area contributed by atoms with E-state index in [0.717, 1.165) is 19.3 Å². The Hall–Kier alpha value is -1.41. The second-order valence-corrected chi connectivity index (χ2v) is 8.07. The van der Waals surface area contributed by atoms with Gasteiger partial charge in [0.05, 0.1) is 6.54 Å². The van der Waals surface area contributed by atoms with Crippen molar-refractivity contribution in [3.05, 3.63) is 12.0 Å². The maximum absolute atomic E-state index is 12.1. The molecule has 0 aliphatic heterocycles.